The van der Waals surface area contributed by atoms with Crippen LogP contribution in [-0.2, 0) is 4.74 Å². The Bertz CT molecular complexity index is 128. The zero-order valence-corrected chi connectivity index (χ0v) is 6.94. The fraction of sp³-hybridized carbons (Fsp3) is 0.778. The molecule has 0 aromatic rings. The molecular weight excluding hydrogens is 124 g/mol. The van der Waals surface area contributed by atoms with E-state index in [9.17, 15) is 0 Å². The van der Waals surface area contributed by atoms with Gasteiger partial charge in [0, 0.05) is 7.11 Å². The fourth-order valence-electron chi connectivity index (χ4n) is 1.34. The minimum absolute atomic E-state index is 0.140. The monoisotopic (exact) mass is 140 g/mol. The predicted octanol–water partition coefficient (Wildman–Crippen LogP) is 2.52. The van der Waals surface area contributed by atoms with Crippen molar-refractivity contribution in [3.63, 3.8) is 0 Å². The number of hydrogen-bond acceptors (Lipinski definition) is 1. The molecule has 0 amide bonds. The van der Waals surface area contributed by atoms with Gasteiger partial charge in [0.05, 0.1) is 5.60 Å². The van der Waals surface area contributed by atoms with E-state index in [2.05, 4.69) is 13.5 Å². The van der Waals surface area contributed by atoms with Gasteiger partial charge in [-0.15, -0.1) is 0 Å². The van der Waals surface area contributed by atoms with Crippen molar-refractivity contribution in [3.8, 4) is 0 Å². The largest absolute Gasteiger partial charge is 0.379 e. The summed E-state index contributed by atoms with van der Waals surface area (Å²) >= 11 is 0. The predicted molar refractivity (Wildman–Crippen MR) is 43.0 cm³/mol. The van der Waals surface area contributed by atoms with Gasteiger partial charge in [-0.2, -0.15) is 0 Å². The minimum atomic E-state index is 0.140. The standard InChI is InChI=1S/C9H16O/c1-8-4-6-9(2,10-3)7-5-8/h1,4-7H2,2-3H3. The minimum Gasteiger partial charge on any atom is -0.379 e. The van der Waals surface area contributed by atoms with Gasteiger partial charge in [0.25, 0.3) is 0 Å². The van der Waals surface area contributed by atoms with Crippen molar-refractivity contribution in [1.29, 1.82) is 0 Å². The number of allylic oxidation sites excluding steroid dienone is 1. The van der Waals surface area contributed by atoms with E-state index < -0.39 is 0 Å². The Morgan fingerprint density at radius 3 is 2.30 bits per heavy atom. The van der Waals surface area contributed by atoms with Crippen LogP contribution in [-0.4, -0.2) is 12.7 Å². The average molecular weight is 140 g/mol. The topological polar surface area (TPSA) is 9.23 Å². The molecular formula is C9H16O. The van der Waals surface area contributed by atoms with E-state index in [1.54, 1.807) is 7.11 Å². The molecule has 1 saturated carbocycles. The Morgan fingerprint density at radius 2 is 1.90 bits per heavy atom. The van der Waals surface area contributed by atoms with Gasteiger partial charge < -0.3 is 4.74 Å². The van der Waals surface area contributed by atoms with Gasteiger partial charge >= 0.3 is 0 Å². The average Bonchev–Trinajstić information content (AvgIpc) is 1.96. The number of methoxy groups -OCH3 is 1. The molecule has 58 valence electrons. The van der Waals surface area contributed by atoms with E-state index in [0.717, 1.165) is 25.7 Å². The van der Waals surface area contributed by atoms with E-state index in [-0.39, 0.29) is 5.60 Å². The highest BCUT2D eigenvalue weighted by atomic mass is 16.5. The Hall–Kier alpha value is -0.300. The van der Waals surface area contributed by atoms with Crippen molar-refractivity contribution in [2.75, 3.05) is 7.11 Å². The lowest BCUT2D eigenvalue weighted by Crippen LogP contribution is -2.30. The Kier molecular flexibility index (Phi) is 2.14. The highest BCUT2D eigenvalue weighted by molar-refractivity contribution is 5.02. The second kappa shape index (κ2) is 2.75. The third-order valence-electron chi connectivity index (χ3n) is 2.51. The number of hydrogen-bond donors (Lipinski definition) is 0. The molecule has 0 spiro atoms. The van der Waals surface area contributed by atoms with Crippen LogP contribution in [0.2, 0.25) is 0 Å². The second-order valence-corrected chi connectivity index (χ2v) is 3.40. The van der Waals surface area contributed by atoms with Crippen LogP contribution in [0, 0.1) is 0 Å². The third-order valence-corrected chi connectivity index (χ3v) is 2.51. The maximum Gasteiger partial charge on any atom is 0.0656 e. The van der Waals surface area contributed by atoms with Crippen LogP contribution in [0.5, 0.6) is 0 Å². The molecule has 0 bridgehead atoms. The molecule has 1 rings (SSSR count). The molecule has 0 aromatic heterocycles. The Morgan fingerprint density at radius 1 is 1.40 bits per heavy atom. The van der Waals surface area contributed by atoms with Gasteiger partial charge in [-0.05, 0) is 32.6 Å². The molecule has 1 aliphatic carbocycles. The van der Waals surface area contributed by atoms with Crippen molar-refractivity contribution in [1.82, 2.24) is 0 Å². The van der Waals surface area contributed by atoms with Crippen molar-refractivity contribution < 1.29 is 4.74 Å². The summed E-state index contributed by atoms with van der Waals surface area (Å²) in [6.07, 6.45) is 4.57. The van der Waals surface area contributed by atoms with Gasteiger partial charge in [-0.25, -0.2) is 0 Å². The number of ether oxygens (including phenoxy) is 1. The molecule has 0 radical (unpaired) electrons. The van der Waals surface area contributed by atoms with Crippen molar-refractivity contribution in [2.45, 2.75) is 38.2 Å². The summed E-state index contributed by atoms with van der Waals surface area (Å²) in [4.78, 5) is 0. The lowest BCUT2D eigenvalue weighted by Gasteiger charge is -2.32. The summed E-state index contributed by atoms with van der Waals surface area (Å²) in [6, 6.07) is 0. The molecule has 0 N–H and O–H groups in total. The summed E-state index contributed by atoms with van der Waals surface area (Å²) in [7, 11) is 1.80. The highest BCUT2D eigenvalue weighted by Gasteiger charge is 2.26. The summed E-state index contributed by atoms with van der Waals surface area (Å²) < 4.78 is 5.39. The molecule has 0 aliphatic heterocycles. The third kappa shape index (κ3) is 1.60. The first-order valence-electron chi connectivity index (χ1n) is 3.88. The van der Waals surface area contributed by atoms with Crippen LogP contribution < -0.4 is 0 Å². The quantitative estimate of drug-likeness (QED) is 0.508. The Labute approximate surface area is 63.1 Å². The molecule has 1 heteroatoms. The molecule has 1 fully saturated rings. The summed E-state index contributed by atoms with van der Waals surface area (Å²) in [5.74, 6) is 0. The van der Waals surface area contributed by atoms with E-state index in [0.29, 0.717) is 0 Å². The molecule has 0 unspecified atom stereocenters. The first-order chi connectivity index (χ1) is 4.66. The van der Waals surface area contributed by atoms with Gasteiger partial charge in [0.15, 0.2) is 0 Å². The SMILES string of the molecule is C=C1CCC(C)(OC)CC1. The lowest BCUT2D eigenvalue weighted by molar-refractivity contribution is -0.0152. The molecule has 0 heterocycles. The molecule has 0 atom stereocenters. The van der Waals surface area contributed by atoms with Gasteiger partial charge in [-0.3, -0.25) is 0 Å². The highest BCUT2D eigenvalue weighted by Crippen LogP contribution is 2.32. The molecule has 0 aromatic carbocycles. The fourth-order valence-corrected chi connectivity index (χ4v) is 1.34. The summed E-state index contributed by atoms with van der Waals surface area (Å²) in [5.41, 5.74) is 1.52. The lowest BCUT2D eigenvalue weighted by atomic mass is 9.84. The van der Waals surface area contributed by atoms with Gasteiger partial charge in [-0.1, -0.05) is 12.2 Å². The van der Waals surface area contributed by atoms with Crippen molar-refractivity contribution in [2.24, 2.45) is 0 Å². The van der Waals surface area contributed by atoms with E-state index in [4.69, 9.17) is 4.74 Å². The first-order valence-corrected chi connectivity index (χ1v) is 3.88. The summed E-state index contributed by atoms with van der Waals surface area (Å²) in [6.45, 7) is 6.14. The molecule has 0 saturated heterocycles. The van der Waals surface area contributed by atoms with Crippen LogP contribution in [0.1, 0.15) is 32.6 Å². The van der Waals surface area contributed by atoms with Gasteiger partial charge in [0.2, 0.25) is 0 Å². The van der Waals surface area contributed by atoms with E-state index in [1.165, 1.54) is 5.57 Å². The van der Waals surface area contributed by atoms with Crippen LogP contribution in [0.4, 0.5) is 0 Å². The second-order valence-electron chi connectivity index (χ2n) is 3.40. The van der Waals surface area contributed by atoms with Crippen LogP contribution in [0.15, 0.2) is 12.2 Å². The van der Waals surface area contributed by atoms with Crippen LogP contribution in [0.3, 0.4) is 0 Å². The number of rotatable bonds is 1. The molecule has 1 nitrogen and oxygen atoms in total. The summed E-state index contributed by atoms with van der Waals surface area (Å²) in [5, 5.41) is 0. The Balaban J connectivity index is 2.46. The van der Waals surface area contributed by atoms with E-state index in [1.807, 2.05) is 0 Å². The normalized spacial score (nSPS) is 24.8. The van der Waals surface area contributed by atoms with Gasteiger partial charge in [0.1, 0.15) is 0 Å². The maximum atomic E-state index is 5.39. The smallest absolute Gasteiger partial charge is 0.0656 e. The van der Waals surface area contributed by atoms with Crippen LogP contribution in [0.25, 0.3) is 0 Å². The zero-order valence-electron chi connectivity index (χ0n) is 6.94. The molecule has 1 aliphatic rings. The zero-order chi connectivity index (χ0) is 7.61. The molecule has 10 heavy (non-hydrogen) atoms. The first kappa shape index (κ1) is 7.80. The van der Waals surface area contributed by atoms with E-state index >= 15 is 0 Å². The van der Waals surface area contributed by atoms with Crippen LogP contribution >= 0.6 is 0 Å². The van der Waals surface area contributed by atoms with Crippen molar-refractivity contribution in [3.05, 3.63) is 12.2 Å². The van der Waals surface area contributed by atoms with Crippen molar-refractivity contribution >= 4 is 0 Å². The maximum absolute atomic E-state index is 5.39.